The van der Waals surface area contributed by atoms with Gasteiger partial charge in [-0.1, -0.05) is 26.2 Å². The van der Waals surface area contributed by atoms with Gasteiger partial charge in [-0.15, -0.1) is 0 Å². The summed E-state index contributed by atoms with van der Waals surface area (Å²) in [6.45, 7) is 2.34. The van der Waals surface area contributed by atoms with Crippen molar-refractivity contribution in [3.63, 3.8) is 0 Å². The second-order valence-electron chi connectivity index (χ2n) is 6.63. The molecule has 0 saturated carbocycles. The van der Waals surface area contributed by atoms with Crippen molar-refractivity contribution in [2.24, 2.45) is 0 Å². The van der Waals surface area contributed by atoms with Crippen LogP contribution in [0.2, 0.25) is 0 Å². The number of hydrogen-bond donors (Lipinski definition) is 4. The van der Waals surface area contributed by atoms with Crippen molar-refractivity contribution in [2.45, 2.75) is 32.6 Å². The highest BCUT2D eigenvalue weighted by atomic mass is 16.5. The summed E-state index contributed by atoms with van der Waals surface area (Å²) in [7, 11) is 0. The molecule has 0 bridgehead atoms. The van der Waals surface area contributed by atoms with E-state index in [1.54, 1.807) is 0 Å². The number of unbranched alkanes of at least 4 members (excludes halogenated alkanes) is 3. The molecule has 0 aromatic rings. The van der Waals surface area contributed by atoms with Crippen LogP contribution in [0.5, 0.6) is 0 Å². The summed E-state index contributed by atoms with van der Waals surface area (Å²) < 4.78 is 5.12. The largest absolute Gasteiger partial charge is 0.480 e. The second-order valence-corrected chi connectivity index (χ2v) is 6.63. The van der Waals surface area contributed by atoms with E-state index in [-0.39, 0.29) is 39.3 Å². The molecule has 11 nitrogen and oxygen atoms in total. The van der Waals surface area contributed by atoms with Crippen LogP contribution >= 0.6 is 0 Å². The van der Waals surface area contributed by atoms with Crippen LogP contribution in [0.4, 0.5) is 0 Å². The van der Waals surface area contributed by atoms with Crippen LogP contribution in [0.3, 0.4) is 0 Å². The number of esters is 1. The third-order valence-electron chi connectivity index (χ3n) is 3.90. The van der Waals surface area contributed by atoms with Gasteiger partial charge in [0.05, 0.1) is 32.8 Å². The SMILES string of the molecule is CCCCCCOC(=O)CN(CCNCCN(CC(=O)O)CC(=O)O)CC(=O)O. The van der Waals surface area contributed by atoms with Crippen LogP contribution in [0, 0.1) is 0 Å². The summed E-state index contributed by atoms with van der Waals surface area (Å²) in [6.07, 6.45) is 3.92. The summed E-state index contributed by atoms with van der Waals surface area (Å²) >= 11 is 0. The fourth-order valence-electron chi connectivity index (χ4n) is 2.54. The quantitative estimate of drug-likeness (QED) is 0.159. The highest BCUT2D eigenvalue weighted by Crippen LogP contribution is 1.99. The number of nitrogens with zero attached hydrogens (tertiary/aromatic N) is 2. The molecule has 0 amide bonds. The van der Waals surface area contributed by atoms with Crippen molar-refractivity contribution in [1.82, 2.24) is 15.1 Å². The molecule has 0 aliphatic rings. The first kappa shape index (κ1) is 26.8. The first-order valence-corrected chi connectivity index (χ1v) is 9.71. The number of ether oxygens (including phenoxy) is 1. The Labute approximate surface area is 170 Å². The number of rotatable bonds is 19. The molecule has 29 heavy (non-hydrogen) atoms. The Balaban J connectivity index is 4.20. The molecule has 0 rings (SSSR count). The molecule has 0 aliphatic heterocycles. The van der Waals surface area contributed by atoms with Gasteiger partial charge in [-0.3, -0.25) is 29.0 Å². The number of carboxylic acid groups (broad SMARTS) is 3. The van der Waals surface area contributed by atoms with Crippen LogP contribution in [0.15, 0.2) is 0 Å². The summed E-state index contributed by atoms with van der Waals surface area (Å²) in [4.78, 5) is 47.0. The first-order chi connectivity index (χ1) is 13.7. The standard InChI is InChI=1S/C18H33N3O8/c1-2-3-4-5-10-29-18(28)14-21(13-17(26)27)9-7-19-6-8-20(11-15(22)23)12-16(24)25/h19H,2-14H2,1H3,(H,22,23)(H,24,25)(H,26,27). The van der Waals surface area contributed by atoms with Gasteiger partial charge in [-0.2, -0.15) is 0 Å². The van der Waals surface area contributed by atoms with Gasteiger partial charge in [0, 0.05) is 26.2 Å². The Morgan fingerprint density at radius 1 is 0.759 bits per heavy atom. The molecule has 0 aliphatic carbocycles. The van der Waals surface area contributed by atoms with Gasteiger partial charge in [0.25, 0.3) is 0 Å². The van der Waals surface area contributed by atoms with Crippen molar-refractivity contribution in [1.29, 1.82) is 0 Å². The zero-order chi connectivity index (χ0) is 22.1. The molecule has 0 spiro atoms. The monoisotopic (exact) mass is 419 g/mol. The van der Waals surface area contributed by atoms with Gasteiger partial charge in [-0.05, 0) is 6.42 Å². The predicted octanol–water partition coefficient (Wildman–Crippen LogP) is -0.443. The number of carboxylic acids is 3. The number of aliphatic carboxylic acids is 3. The maximum atomic E-state index is 11.9. The third kappa shape index (κ3) is 17.6. The molecule has 0 fully saturated rings. The van der Waals surface area contributed by atoms with E-state index >= 15 is 0 Å². The molecule has 168 valence electrons. The first-order valence-electron chi connectivity index (χ1n) is 9.71. The van der Waals surface area contributed by atoms with Crippen molar-refractivity contribution in [3.8, 4) is 0 Å². The number of carbonyl (C=O) groups is 4. The molecular formula is C18H33N3O8. The predicted molar refractivity (Wildman–Crippen MR) is 104 cm³/mol. The van der Waals surface area contributed by atoms with Gasteiger partial charge in [-0.25, -0.2) is 0 Å². The Morgan fingerprint density at radius 3 is 1.69 bits per heavy atom. The minimum absolute atomic E-state index is 0.133. The zero-order valence-electron chi connectivity index (χ0n) is 17.0. The highest BCUT2D eigenvalue weighted by Gasteiger charge is 2.15. The molecule has 0 atom stereocenters. The van der Waals surface area contributed by atoms with Crippen LogP contribution in [0.25, 0.3) is 0 Å². The lowest BCUT2D eigenvalue weighted by molar-refractivity contribution is -0.147. The Kier molecular flexibility index (Phi) is 15.4. The van der Waals surface area contributed by atoms with Gasteiger partial charge in [0.2, 0.25) is 0 Å². The van der Waals surface area contributed by atoms with Gasteiger partial charge in [0.1, 0.15) is 0 Å². The molecule has 4 N–H and O–H groups in total. The van der Waals surface area contributed by atoms with Gasteiger partial charge < -0.3 is 25.4 Å². The van der Waals surface area contributed by atoms with E-state index in [0.717, 1.165) is 25.7 Å². The Bertz CT molecular complexity index is 499. The summed E-state index contributed by atoms with van der Waals surface area (Å²) in [5.41, 5.74) is 0. The molecule has 0 aromatic carbocycles. The maximum absolute atomic E-state index is 11.9. The second kappa shape index (κ2) is 16.7. The smallest absolute Gasteiger partial charge is 0.320 e. The van der Waals surface area contributed by atoms with Crippen LogP contribution in [-0.2, 0) is 23.9 Å². The van der Waals surface area contributed by atoms with Gasteiger partial charge >= 0.3 is 23.9 Å². The van der Waals surface area contributed by atoms with Crippen LogP contribution in [-0.4, -0.2) is 108 Å². The minimum Gasteiger partial charge on any atom is -0.480 e. The van der Waals surface area contributed by atoms with E-state index in [2.05, 4.69) is 12.2 Å². The number of hydrogen-bond acceptors (Lipinski definition) is 8. The lowest BCUT2D eigenvalue weighted by atomic mass is 10.2. The summed E-state index contributed by atoms with van der Waals surface area (Å²) in [5.74, 6) is -3.77. The van der Waals surface area contributed by atoms with Crippen LogP contribution in [0.1, 0.15) is 32.6 Å². The van der Waals surface area contributed by atoms with Crippen LogP contribution < -0.4 is 5.32 Å². The fourth-order valence-corrected chi connectivity index (χ4v) is 2.54. The van der Waals surface area contributed by atoms with E-state index in [9.17, 15) is 19.2 Å². The van der Waals surface area contributed by atoms with Crippen molar-refractivity contribution in [2.75, 3.05) is 59.0 Å². The molecular weight excluding hydrogens is 386 g/mol. The average Bonchev–Trinajstić information content (AvgIpc) is 2.59. The van der Waals surface area contributed by atoms with E-state index < -0.39 is 23.9 Å². The molecule has 0 radical (unpaired) electrons. The van der Waals surface area contributed by atoms with E-state index in [1.807, 2.05) is 0 Å². The van der Waals surface area contributed by atoms with Gasteiger partial charge in [0.15, 0.2) is 0 Å². The summed E-state index contributed by atoms with van der Waals surface area (Å²) in [6, 6.07) is 0. The molecule has 0 unspecified atom stereocenters. The average molecular weight is 419 g/mol. The highest BCUT2D eigenvalue weighted by molar-refractivity contribution is 5.74. The lowest BCUT2D eigenvalue weighted by Crippen LogP contribution is -2.42. The lowest BCUT2D eigenvalue weighted by Gasteiger charge is -2.21. The Morgan fingerprint density at radius 2 is 1.24 bits per heavy atom. The normalized spacial score (nSPS) is 11.0. The zero-order valence-corrected chi connectivity index (χ0v) is 17.0. The molecule has 0 saturated heterocycles. The van der Waals surface area contributed by atoms with E-state index in [0.29, 0.717) is 19.7 Å². The third-order valence-corrected chi connectivity index (χ3v) is 3.90. The number of carbonyl (C=O) groups excluding carboxylic acids is 1. The fraction of sp³-hybridized carbons (Fsp3) is 0.778. The molecule has 0 heterocycles. The van der Waals surface area contributed by atoms with Crippen molar-refractivity contribution < 1.29 is 39.2 Å². The van der Waals surface area contributed by atoms with Crippen molar-refractivity contribution in [3.05, 3.63) is 0 Å². The molecule has 11 heteroatoms. The van der Waals surface area contributed by atoms with Crippen molar-refractivity contribution >= 4 is 23.9 Å². The summed E-state index contributed by atoms with van der Waals surface area (Å²) in [5, 5.41) is 29.5. The maximum Gasteiger partial charge on any atom is 0.320 e. The minimum atomic E-state index is -1.12. The van der Waals surface area contributed by atoms with E-state index in [1.165, 1.54) is 9.80 Å². The number of nitrogens with one attached hydrogen (secondary N) is 1. The molecule has 0 aromatic heterocycles. The Hall–Kier alpha value is -2.24. The topological polar surface area (TPSA) is 157 Å². The van der Waals surface area contributed by atoms with E-state index in [4.69, 9.17) is 20.1 Å².